The molecule has 1 rings (SSSR count). The highest BCUT2D eigenvalue weighted by Gasteiger charge is 2.17. The Balaban J connectivity index is 0.00000324. The Morgan fingerprint density at radius 1 is 1.26 bits per heavy atom. The van der Waals surface area contributed by atoms with Crippen LogP contribution in [0, 0.1) is 5.92 Å². The number of nitrogens with two attached hydrogens (primary N) is 1. The number of hydrogen-bond acceptors (Lipinski definition) is 3. The van der Waals surface area contributed by atoms with Gasteiger partial charge in [-0.1, -0.05) is 13.8 Å². The molecule has 0 aliphatic carbocycles. The third kappa shape index (κ3) is 5.85. The van der Waals surface area contributed by atoms with E-state index in [4.69, 9.17) is 5.73 Å². The van der Waals surface area contributed by atoms with E-state index in [1.165, 1.54) is 24.3 Å². The van der Waals surface area contributed by atoms with E-state index < -0.39 is 12.7 Å². The van der Waals surface area contributed by atoms with Crippen LogP contribution in [0.3, 0.4) is 0 Å². The summed E-state index contributed by atoms with van der Waals surface area (Å²) in [5.74, 6) is -0.255. The molecule has 1 aromatic rings. The minimum absolute atomic E-state index is 0. The monoisotopic (exact) mass is 294 g/mol. The summed E-state index contributed by atoms with van der Waals surface area (Å²) in [6, 6.07) is 5.04. The summed E-state index contributed by atoms with van der Waals surface area (Å²) < 4.78 is 28.0. The molecule has 0 bridgehead atoms. The van der Waals surface area contributed by atoms with Gasteiger partial charge in [0, 0.05) is 5.69 Å². The lowest BCUT2D eigenvalue weighted by atomic mass is 10.1. The van der Waals surface area contributed by atoms with E-state index in [9.17, 15) is 13.6 Å². The van der Waals surface area contributed by atoms with Gasteiger partial charge in [-0.05, 0) is 30.2 Å². The van der Waals surface area contributed by atoms with Crippen LogP contribution in [0.15, 0.2) is 24.3 Å². The summed E-state index contributed by atoms with van der Waals surface area (Å²) in [6.07, 6.45) is 0. The molecule has 4 nitrogen and oxygen atoms in total. The van der Waals surface area contributed by atoms with Crippen LogP contribution in [0.1, 0.15) is 13.8 Å². The lowest BCUT2D eigenvalue weighted by Gasteiger charge is -2.15. The van der Waals surface area contributed by atoms with Crippen LogP contribution in [-0.4, -0.2) is 18.6 Å². The molecule has 0 saturated heterocycles. The smallest absolute Gasteiger partial charge is 0.387 e. The minimum Gasteiger partial charge on any atom is -0.435 e. The van der Waals surface area contributed by atoms with Crippen LogP contribution < -0.4 is 15.8 Å². The van der Waals surface area contributed by atoms with Gasteiger partial charge in [0.1, 0.15) is 5.75 Å². The topological polar surface area (TPSA) is 64.4 Å². The zero-order chi connectivity index (χ0) is 13.7. The van der Waals surface area contributed by atoms with Crippen molar-refractivity contribution < 1.29 is 18.3 Å². The first-order chi connectivity index (χ1) is 8.40. The fraction of sp³-hybridized carbons (Fsp3) is 0.417. The van der Waals surface area contributed by atoms with Gasteiger partial charge in [-0.15, -0.1) is 12.4 Å². The number of benzene rings is 1. The molecule has 3 N–H and O–H groups in total. The molecule has 7 heteroatoms. The number of rotatable bonds is 5. The molecule has 1 atom stereocenters. The number of amides is 1. The fourth-order valence-corrected chi connectivity index (χ4v) is 1.25. The van der Waals surface area contributed by atoms with Gasteiger partial charge in [0.25, 0.3) is 0 Å². The van der Waals surface area contributed by atoms with Gasteiger partial charge in [0.05, 0.1) is 6.04 Å². The Bertz CT molecular complexity index is 399. The van der Waals surface area contributed by atoms with Crippen molar-refractivity contribution in [2.45, 2.75) is 26.5 Å². The van der Waals surface area contributed by atoms with E-state index in [-0.39, 0.29) is 30.0 Å². The Hall–Kier alpha value is -1.40. The number of carbonyl (C=O) groups is 1. The molecule has 1 aromatic carbocycles. The fourth-order valence-electron chi connectivity index (χ4n) is 1.25. The van der Waals surface area contributed by atoms with E-state index >= 15 is 0 Å². The maximum absolute atomic E-state index is 11.9. The van der Waals surface area contributed by atoms with E-state index in [0.29, 0.717) is 5.69 Å². The van der Waals surface area contributed by atoms with Gasteiger partial charge in [0.2, 0.25) is 5.91 Å². The summed E-state index contributed by atoms with van der Waals surface area (Å²) in [5, 5.41) is 2.60. The van der Waals surface area contributed by atoms with Gasteiger partial charge >= 0.3 is 6.61 Å². The van der Waals surface area contributed by atoms with Crippen molar-refractivity contribution in [3.8, 4) is 5.75 Å². The maximum atomic E-state index is 11.9. The van der Waals surface area contributed by atoms with Crippen molar-refractivity contribution in [1.82, 2.24) is 0 Å². The molecule has 0 heterocycles. The molecule has 0 aliphatic rings. The van der Waals surface area contributed by atoms with Gasteiger partial charge in [0.15, 0.2) is 0 Å². The number of anilines is 1. The highest BCUT2D eigenvalue weighted by atomic mass is 35.5. The number of carbonyl (C=O) groups excluding carboxylic acids is 1. The Kier molecular flexibility index (Phi) is 7.33. The van der Waals surface area contributed by atoms with Crippen LogP contribution in [0.5, 0.6) is 5.75 Å². The normalized spacial score (nSPS) is 11.9. The van der Waals surface area contributed by atoms with Crippen LogP contribution in [0.25, 0.3) is 0 Å². The van der Waals surface area contributed by atoms with Gasteiger partial charge in [-0.25, -0.2) is 0 Å². The summed E-state index contributed by atoms with van der Waals surface area (Å²) in [5.41, 5.74) is 6.15. The van der Waals surface area contributed by atoms with Crippen molar-refractivity contribution in [3.63, 3.8) is 0 Å². The summed E-state index contributed by atoms with van der Waals surface area (Å²) in [6.45, 7) is 0.813. The van der Waals surface area contributed by atoms with Crippen LogP contribution in [0.4, 0.5) is 14.5 Å². The minimum atomic E-state index is -2.86. The molecule has 0 unspecified atom stereocenters. The number of hydrogen-bond donors (Lipinski definition) is 2. The van der Waals surface area contributed by atoms with E-state index in [2.05, 4.69) is 10.1 Å². The summed E-state index contributed by atoms with van der Waals surface area (Å²) in [4.78, 5) is 11.6. The first-order valence-corrected chi connectivity index (χ1v) is 5.51. The van der Waals surface area contributed by atoms with Gasteiger partial charge < -0.3 is 15.8 Å². The Morgan fingerprint density at radius 3 is 2.21 bits per heavy atom. The molecule has 0 radical (unpaired) electrons. The largest absolute Gasteiger partial charge is 0.435 e. The lowest BCUT2D eigenvalue weighted by Crippen LogP contribution is -2.39. The zero-order valence-electron chi connectivity index (χ0n) is 10.6. The molecule has 19 heavy (non-hydrogen) atoms. The summed E-state index contributed by atoms with van der Waals surface area (Å²) in [7, 11) is 0. The number of halogens is 3. The van der Waals surface area contributed by atoms with Crippen LogP contribution in [0.2, 0.25) is 0 Å². The third-order valence-electron chi connectivity index (χ3n) is 2.37. The standard InChI is InChI=1S/C12H16F2N2O2.ClH/c1-7(2)10(15)11(17)16-8-3-5-9(6-4-8)18-12(13)14;/h3-7,10,12H,15H2,1-2H3,(H,16,17);1H/t10-;/m1./s1. The van der Waals surface area contributed by atoms with Crippen molar-refractivity contribution in [1.29, 1.82) is 0 Å². The highest BCUT2D eigenvalue weighted by Crippen LogP contribution is 2.18. The maximum Gasteiger partial charge on any atom is 0.387 e. The third-order valence-corrected chi connectivity index (χ3v) is 2.37. The lowest BCUT2D eigenvalue weighted by molar-refractivity contribution is -0.118. The second-order valence-electron chi connectivity index (χ2n) is 4.16. The van der Waals surface area contributed by atoms with Gasteiger partial charge in [-0.3, -0.25) is 4.79 Å². The van der Waals surface area contributed by atoms with E-state index in [1.807, 2.05) is 13.8 Å². The first kappa shape index (κ1) is 17.6. The van der Waals surface area contributed by atoms with E-state index in [1.54, 1.807) is 0 Å². The second kappa shape index (κ2) is 7.91. The summed E-state index contributed by atoms with van der Waals surface area (Å²) >= 11 is 0. The average molecular weight is 295 g/mol. The SMILES string of the molecule is CC(C)[C@@H](N)C(=O)Nc1ccc(OC(F)F)cc1.Cl. The van der Waals surface area contributed by atoms with E-state index in [0.717, 1.165) is 0 Å². The molecule has 1 amide bonds. The number of nitrogens with one attached hydrogen (secondary N) is 1. The molecule has 0 spiro atoms. The van der Waals surface area contributed by atoms with Crippen molar-refractivity contribution in [3.05, 3.63) is 24.3 Å². The highest BCUT2D eigenvalue weighted by molar-refractivity contribution is 5.94. The Labute approximate surface area is 116 Å². The predicted octanol–water partition coefficient (Wildman–Crippen LogP) is 2.63. The molecular formula is C12H17ClF2N2O2. The molecule has 0 aromatic heterocycles. The average Bonchev–Trinajstić information content (AvgIpc) is 2.29. The van der Waals surface area contributed by atoms with Crippen molar-refractivity contribution >= 4 is 24.0 Å². The molecule has 0 fully saturated rings. The van der Waals surface area contributed by atoms with Crippen molar-refractivity contribution in [2.75, 3.05) is 5.32 Å². The molecular weight excluding hydrogens is 278 g/mol. The predicted molar refractivity (Wildman–Crippen MR) is 71.8 cm³/mol. The quantitative estimate of drug-likeness (QED) is 0.877. The number of alkyl halides is 2. The zero-order valence-corrected chi connectivity index (χ0v) is 11.4. The molecule has 108 valence electrons. The van der Waals surface area contributed by atoms with Crippen LogP contribution in [-0.2, 0) is 4.79 Å². The first-order valence-electron chi connectivity index (χ1n) is 5.51. The van der Waals surface area contributed by atoms with Gasteiger partial charge in [-0.2, -0.15) is 8.78 Å². The van der Waals surface area contributed by atoms with Crippen molar-refractivity contribution in [2.24, 2.45) is 11.7 Å². The number of ether oxygens (including phenoxy) is 1. The van der Waals surface area contributed by atoms with Crippen LogP contribution >= 0.6 is 12.4 Å². The molecule has 0 saturated carbocycles. The second-order valence-corrected chi connectivity index (χ2v) is 4.16. The Morgan fingerprint density at radius 2 is 1.79 bits per heavy atom. The molecule has 0 aliphatic heterocycles.